The van der Waals surface area contributed by atoms with Crippen LogP contribution in [0.2, 0.25) is 10.3 Å². The summed E-state index contributed by atoms with van der Waals surface area (Å²) in [6.07, 6.45) is 1.61. The highest BCUT2D eigenvalue weighted by molar-refractivity contribution is 6.37. The van der Waals surface area contributed by atoms with Crippen LogP contribution in [-0.2, 0) is 4.74 Å². The molecule has 1 fully saturated rings. The molecule has 0 bridgehead atoms. The third-order valence-corrected chi connectivity index (χ3v) is 3.75. The molecule has 1 atom stereocenters. The van der Waals surface area contributed by atoms with Crippen molar-refractivity contribution in [2.75, 3.05) is 6.61 Å². The van der Waals surface area contributed by atoms with Crippen LogP contribution in [0.15, 0.2) is 24.3 Å². The first-order valence-corrected chi connectivity index (χ1v) is 7.02. The Hall–Kier alpha value is -1.23. The van der Waals surface area contributed by atoms with Gasteiger partial charge in [0, 0.05) is 12.2 Å². The molecular formula is C14H11Cl2FN2O. The van der Waals surface area contributed by atoms with Gasteiger partial charge in [0.25, 0.3) is 0 Å². The molecule has 1 aliphatic rings. The van der Waals surface area contributed by atoms with E-state index in [4.69, 9.17) is 27.9 Å². The molecule has 2 heterocycles. The normalized spacial score (nSPS) is 18.4. The molecule has 20 heavy (non-hydrogen) atoms. The van der Waals surface area contributed by atoms with Gasteiger partial charge in [-0.2, -0.15) is 0 Å². The van der Waals surface area contributed by atoms with E-state index >= 15 is 0 Å². The van der Waals surface area contributed by atoms with E-state index < -0.39 is 5.82 Å². The zero-order valence-corrected chi connectivity index (χ0v) is 12.0. The number of ether oxygens (including phenoxy) is 1. The van der Waals surface area contributed by atoms with E-state index in [9.17, 15) is 4.39 Å². The first kappa shape index (κ1) is 13.7. The number of halogens is 3. The summed E-state index contributed by atoms with van der Waals surface area (Å²) in [5.74, 6) is 0.0438. The summed E-state index contributed by atoms with van der Waals surface area (Å²) in [5, 5.41) is 0.279. The minimum absolute atomic E-state index is 0.139. The van der Waals surface area contributed by atoms with Crippen molar-refractivity contribution < 1.29 is 9.13 Å². The van der Waals surface area contributed by atoms with Crippen molar-refractivity contribution in [3.05, 3.63) is 46.2 Å². The Morgan fingerprint density at radius 2 is 1.85 bits per heavy atom. The van der Waals surface area contributed by atoms with E-state index in [1.165, 1.54) is 6.07 Å². The second kappa shape index (κ2) is 5.64. The lowest BCUT2D eigenvalue weighted by molar-refractivity contribution is 0.105. The lowest BCUT2D eigenvalue weighted by Crippen LogP contribution is -2.05. The molecule has 3 rings (SSSR count). The van der Waals surface area contributed by atoms with Gasteiger partial charge in [0.1, 0.15) is 22.2 Å². The predicted octanol–water partition coefficient (Wildman–Crippen LogP) is 4.44. The van der Waals surface area contributed by atoms with E-state index in [1.807, 2.05) is 0 Å². The molecule has 0 spiro atoms. The van der Waals surface area contributed by atoms with Crippen molar-refractivity contribution in [2.24, 2.45) is 0 Å². The van der Waals surface area contributed by atoms with Crippen molar-refractivity contribution in [1.82, 2.24) is 9.97 Å². The Morgan fingerprint density at radius 3 is 2.45 bits per heavy atom. The van der Waals surface area contributed by atoms with Crippen LogP contribution >= 0.6 is 23.2 Å². The van der Waals surface area contributed by atoms with Crippen molar-refractivity contribution in [1.29, 1.82) is 0 Å². The van der Waals surface area contributed by atoms with Crippen LogP contribution in [0, 0.1) is 5.82 Å². The molecule has 2 aromatic rings. The number of aromatic nitrogens is 2. The van der Waals surface area contributed by atoms with Crippen LogP contribution in [0.4, 0.5) is 4.39 Å². The zero-order valence-electron chi connectivity index (χ0n) is 10.4. The standard InChI is InChI=1S/C14H11Cl2FN2O/c15-12-11(8-4-1-2-5-9(8)17)13(16)19-14(18-12)10-6-3-7-20-10/h1-2,4-5,10H,3,6-7H2. The van der Waals surface area contributed by atoms with Gasteiger partial charge in [0.15, 0.2) is 5.82 Å². The average Bonchev–Trinajstić information content (AvgIpc) is 2.94. The third kappa shape index (κ3) is 2.51. The molecule has 3 nitrogen and oxygen atoms in total. The van der Waals surface area contributed by atoms with E-state index in [-0.39, 0.29) is 16.4 Å². The number of rotatable bonds is 2. The van der Waals surface area contributed by atoms with Crippen LogP contribution < -0.4 is 0 Å². The minimum atomic E-state index is -0.412. The highest BCUT2D eigenvalue weighted by Gasteiger charge is 2.24. The van der Waals surface area contributed by atoms with Crippen LogP contribution in [0.3, 0.4) is 0 Å². The fraction of sp³-hybridized carbons (Fsp3) is 0.286. The lowest BCUT2D eigenvalue weighted by atomic mass is 10.1. The van der Waals surface area contributed by atoms with Crippen molar-refractivity contribution in [2.45, 2.75) is 18.9 Å². The van der Waals surface area contributed by atoms with Gasteiger partial charge in [-0.1, -0.05) is 41.4 Å². The number of hydrogen-bond donors (Lipinski definition) is 0. The first-order chi connectivity index (χ1) is 9.66. The first-order valence-electron chi connectivity index (χ1n) is 6.26. The molecule has 0 saturated carbocycles. The van der Waals surface area contributed by atoms with Gasteiger partial charge < -0.3 is 4.74 Å². The van der Waals surface area contributed by atoms with Crippen LogP contribution in [0.5, 0.6) is 0 Å². The third-order valence-electron chi connectivity index (χ3n) is 3.20. The van der Waals surface area contributed by atoms with Crippen LogP contribution in [0.1, 0.15) is 24.8 Å². The summed E-state index contributed by atoms with van der Waals surface area (Å²) in [4.78, 5) is 8.42. The fourth-order valence-electron chi connectivity index (χ4n) is 2.23. The SMILES string of the molecule is Fc1ccccc1-c1c(Cl)nc(C2CCCO2)nc1Cl. The summed E-state index contributed by atoms with van der Waals surface area (Å²) in [6.45, 7) is 0.679. The Morgan fingerprint density at radius 1 is 1.15 bits per heavy atom. The Bertz CT molecular complexity index is 622. The smallest absolute Gasteiger partial charge is 0.160 e. The lowest BCUT2D eigenvalue weighted by Gasteiger charge is -2.12. The number of hydrogen-bond acceptors (Lipinski definition) is 3. The predicted molar refractivity (Wildman–Crippen MR) is 75.4 cm³/mol. The average molecular weight is 313 g/mol. The summed E-state index contributed by atoms with van der Waals surface area (Å²) in [6, 6.07) is 6.24. The second-order valence-electron chi connectivity index (χ2n) is 4.52. The molecule has 0 amide bonds. The molecule has 0 aliphatic carbocycles. The highest BCUT2D eigenvalue weighted by atomic mass is 35.5. The summed E-state index contributed by atoms with van der Waals surface area (Å²) in [7, 11) is 0. The Balaban J connectivity index is 2.07. The van der Waals surface area contributed by atoms with Gasteiger partial charge in [-0.15, -0.1) is 0 Å². The molecule has 0 N–H and O–H groups in total. The molecule has 104 valence electrons. The van der Waals surface area contributed by atoms with Crippen LogP contribution in [-0.4, -0.2) is 16.6 Å². The molecule has 1 aromatic carbocycles. The number of benzene rings is 1. The molecular weight excluding hydrogens is 302 g/mol. The van der Waals surface area contributed by atoms with Crippen LogP contribution in [0.25, 0.3) is 11.1 Å². The maximum Gasteiger partial charge on any atom is 0.160 e. The van der Waals surface area contributed by atoms with Crippen molar-refractivity contribution >= 4 is 23.2 Å². The van der Waals surface area contributed by atoms with E-state index in [2.05, 4.69) is 9.97 Å². The van der Waals surface area contributed by atoms with E-state index in [0.717, 1.165) is 12.8 Å². The van der Waals surface area contributed by atoms with Gasteiger partial charge in [-0.05, 0) is 18.9 Å². The quantitative estimate of drug-likeness (QED) is 0.769. The van der Waals surface area contributed by atoms with Gasteiger partial charge in [0.2, 0.25) is 0 Å². The topological polar surface area (TPSA) is 35.0 Å². The molecule has 1 aromatic heterocycles. The molecule has 1 saturated heterocycles. The van der Waals surface area contributed by atoms with Gasteiger partial charge in [-0.3, -0.25) is 0 Å². The Kier molecular flexibility index (Phi) is 3.87. The Labute approximate surface area is 125 Å². The van der Waals surface area contributed by atoms with Gasteiger partial charge in [0.05, 0.1) is 5.56 Å². The zero-order chi connectivity index (χ0) is 14.1. The molecule has 1 aliphatic heterocycles. The summed E-state index contributed by atoms with van der Waals surface area (Å²) < 4.78 is 19.3. The summed E-state index contributed by atoms with van der Waals surface area (Å²) in [5.41, 5.74) is 0.606. The van der Waals surface area contributed by atoms with Gasteiger partial charge >= 0.3 is 0 Å². The maximum atomic E-state index is 13.8. The van der Waals surface area contributed by atoms with Crippen molar-refractivity contribution in [3.8, 4) is 11.1 Å². The largest absolute Gasteiger partial charge is 0.370 e. The minimum Gasteiger partial charge on any atom is -0.370 e. The van der Waals surface area contributed by atoms with E-state index in [1.54, 1.807) is 18.2 Å². The molecule has 0 radical (unpaired) electrons. The van der Waals surface area contributed by atoms with E-state index in [0.29, 0.717) is 23.6 Å². The highest BCUT2D eigenvalue weighted by Crippen LogP contribution is 2.36. The second-order valence-corrected chi connectivity index (χ2v) is 5.24. The van der Waals surface area contributed by atoms with Crippen molar-refractivity contribution in [3.63, 3.8) is 0 Å². The maximum absolute atomic E-state index is 13.8. The molecule has 1 unspecified atom stereocenters. The number of nitrogens with zero attached hydrogens (tertiary/aromatic N) is 2. The fourth-order valence-corrected chi connectivity index (χ4v) is 2.84. The molecule has 6 heteroatoms. The van der Waals surface area contributed by atoms with Gasteiger partial charge in [-0.25, -0.2) is 14.4 Å². The summed E-state index contributed by atoms with van der Waals surface area (Å²) >= 11 is 12.3. The monoisotopic (exact) mass is 312 g/mol.